The van der Waals surface area contributed by atoms with Gasteiger partial charge in [-0.15, -0.1) is 11.6 Å². The van der Waals surface area contributed by atoms with Gasteiger partial charge < -0.3 is 4.74 Å². The maximum absolute atomic E-state index is 5.94. The summed E-state index contributed by atoms with van der Waals surface area (Å²) < 4.78 is 5.94. The number of rotatable bonds is 7. The Kier molecular flexibility index (Phi) is 7.46. The van der Waals surface area contributed by atoms with Crippen molar-refractivity contribution in [1.82, 2.24) is 0 Å². The van der Waals surface area contributed by atoms with Gasteiger partial charge >= 0.3 is 0 Å². The summed E-state index contributed by atoms with van der Waals surface area (Å²) in [7, 11) is 0. The highest BCUT2D eigenvalue weighted by Gasteiger charge is 2.21. The third-order valence-electron chi connectivity index (χ3n) is 3.39. The van der Waals surface area contributed by atoms with E-state index in [1.807, 2.05) is 0 Å². The monoisotopic (exact) mass is 232 g/mol. The Bertz CT molecular complexity index is 149. The van der Waals surface area contributed by atoms with E-state index in [1.165, 1.54) is 44.9 Å². The highest BCUT2D eigenvalue weighted by Crippen LogP contribution is 2.26. The number of unbranched alkanes of at least 4 members (excludes halogenated alkanes) is 3. The first-order valence-corrected chi connectivity index (χ1v) is 7.05. The van der Waals surface area contributed by atoms with Gasteiger partial charge in [0.25, 0.3) is 0 Å². The van der Waals surface area contributed by atoms with E-state index < -0.39 is 0 Å². The first-order valence-electron chi connectivity index (χ1n) is 6.52. The van der Waals surface area contributed by atoms with Crippen LogP contribution in [-0.2, 0) is 4.74 Å². The van der Waals surface area contributed by atoms with E-state index in [2.05, 4.69) is 6.92 Å². The largest absolute Gasteiger partial charge is 0.378 e. The zero-order chi connectivity index (χ0) is 10.9. The van der Waals surface area contributed by atoms with Crippen molar-refractivity contribution in [3.63, 3.8) is 0 Å². The van der Waals surface area contributed by atoms with Crippen molar-refractivity contribution in [1.29, 1.82) is 0 Å². The second kappa shape index (κ2) is 8.41. The van der Waals surface area contributed by atoms with Gasteiger partial charge in [0, 0.05) is 12.5 Å². The number of alkyl halides is 1. The van der Waals surface area contributed by atoms with E-state index in [0.717, 1.165) is 24.8 Å². The molecule has 0 saturated heterocycles. The van der Waals surface area contributed by atoms with E-state index in [-0.39, 0.29) is 0 Å². The van der Waals surface area contributed by atoms with Crippen LogP contribution in [0.15, 0.2) is 0 Å². The maximum atomic E-state index is 5.94. The predicted molar refractivity (Wildman–Crippen MR) is 66.6 cm³/mol. The molecule has 1 aliphatic carbocycles. The molecule has 1 rings (SSSR count). The molecule has 0 aromatic carbocycles. The third kappa shape index (κ3) is 5.77. The maximum Gasteiger partial charge on any atom is 0.0600 e. The lowest BCUT2D eigenvalue weighted by Gasteiger charge is -2.28. The summed E-state index contributed by atoms with van der Waals surface area (Å²) in [5, 5.41) is 0. The van der Waals surface area contributed by atoms with Crippen molar-refractivity contribution in [2.24, 2.45) is 5.92 Å². The summed E-state index contributed by atoms with van der Waals surface area (Å²) >= 11 is 5.62. The predicted octanol–water partition coefficient (Wildman–Crippen LogP) is 4.38. The van der Waals surface area contributed by atoms with Crippen LogP contribution in [0.25, 0.3) is 0 Å². The molecule has 15 heavy (non-hydrogen) atoms. The molecule has 0 radical (unpaired) electrons. The van der Waals surface area contributed by atoms with Gasteiger partial charge in [-0.25, -0.2) is 0 Å². The van der Waals surface area contributed by atoms with Crippen molar-refractivity contribution in [3.8, 4) is 0 Å². The minimum atomic E-state index is 0.548. The van der Waals surface area contributed by atoms with Crippen LogP contribution in [0.2, 0.25) is 0 Å². The summed E-state index contributed by atoms with van der Waals surface area (Å²) in [4.78, 5) is 0. The van der Waals surface area contributed by atoms with Gasteiger partial charge in [0.2, 0.25) is 0 Å². The van der Waals surface area contributed by atoms with Crippen LogP contribution in [0.4, 0.5) is 0 Å². The second-order valence-corrected chi connectivity index (χ2v) is 5.15. The van der Waals surface area contributed by atoms with E-state index in [4.69, 9.17) is 16.3 Å². The fourth-order valence-corrected chi connectivity index (χ4v) is 2.50. The van der Waals surface area contributed by atoms with Crippen molar-refractivity contribution in [2.75, 3.05) is 12.5 Å². The van der Waals surface area contributed by atoms with Gasteiger partial charge in [0.1, 0.15) is 0 Å². The molecule has 0 spiro atoms. The van der Waals surface area contributed by atoms with Crippen molar-refractivity contribution < 1.29 is 4.74 Å². The number of ether oxygens (including phenoxy) is 1. The number of hydrogen-bond acceptors (Lipinski definition) is 1. The quantitative estimate of drug-likeness (QED) is 0.468. The molecule has 0 aromatic heterocycles. The Hall–Kier alpha value is 0.250. The van der Waals surface area contributed by atoms with E-state index in [0.29, 0.717) is 6.10 Å². The normalized spacial score (nSPS) is 26.8. The number of hydrogen-bond donors (Lipinski definition) is 0. The summed E-state index contributed by atoms with van der Waals surface area (Å²) in [5.41, 5.74) is 0. The molecule has 0 bridgehead atoms. The SMILES string of the molecule is CC1CCCCC1OCCCCCCCl. The molecule has 0 aromatic rings. The molecular weight excluding hydrogens is 208 g/mol. The average Bonchev–Trinajstić information content (AvgIpc) is 2.25. The molecule has 1 fully saturated rings. The van der Waals surface area contributed by atoms with Crippen molar-refractivity contribution in [3.05, 3.63) is 0 Å². The van der Waals surface area contributed by atoms with Crippen molar-refractivity contribution >= 4 is 11.6 Å². The topological polar surface area (TPSA) is 9.23 Å². The van der Waals surface area contributed by atoms with Crippen LogP contribution in [-0.4, -0.2) is 18.6 Å². The average molecular weight is 233 g/mol. The Labute approximate surface area is 99.5 Å². The first-order chi connectivity index (χ1) is 7.34. The van der Waals surface area contributed by atoms with E-state index in [1.54, 1.807) is 0 Å². The lowest BCUT2D eigenvalue weighted by Crippen LogP contribution is -2.25. The Balaban J connectivity index is 1.94. The standard InChI is InChI=1S/C13H25ClO/c1-12-8-4-5-9-13(12)15-11-7-3-2-6-10-14/h12-13H,2-11H2,1H3. The highest BCUT2D eigenvalue weighted by atomic mass is 35.5. The summed E-state index contributed by atoms with van der Waals surface area (Å²) in [6, 6.07) is 0. The van der Waals surface area contributed by atoms with Gasteiger partial charge in [-0.2, -0.15) is 0 Å². The molecule has 0 amide bonds. The van der Waals surface area contributed by atoms with Crippen LogP contribution in [0.5, 0.6) is 0 Å². The zero-order valence-electron chi connectivity index (χ0n) is 10.0. The van der Waals surface area contributed by atoms with Crippen LogP contribution in [0.1, 0.15) is 58.3 Å². The Morgan fingerprint density at radius 1 is 1.07 bits per heavy atom. The van der Waals surface area contributed by atoms with E-state index in [9.17, 15) is 0 Å². The molecule has 0 heterocycles. The molecule has 0 aliphatic heterocycles. The van der Waals surface area contributed by atoms with Gasteiger partial charge in [0.05, 0.1) is 6.10 Å². The third-order valence-corrected chi connectivity index (χ3v) is 3.66. The Morgan fingerprint density at radius 3 is 2.53 bits per heavy atom. The van der Waals surface area contributed by atoms with Gasteiger partial charge in [-0.3, -0.25) is 0 Å². The highest BCUT2D eigenvalue weighted by molar-refractivity contribution is 6.17. The molecule has 1 aliphatic rings. The van der Waals surface area contributed by atoms with Gasteiger partial charge in [-0.05, 0) is 31.6 Å². The van der Waals surface area contributed by atoms with Gasteiger partial charge in [0.15, 0.2) is 0 Å². The molecule has 2 unspecified atom stereocenters. The zero-order valence-corrected chi connectivity index (χ0v) is 10.8. The molecule has 1 saturated carbocycles. The van der Waals surface area contributed by atoms with Crippen LogP contribution in [0.3, 0.4) is 0 Å². The minimum Gasteiger partial charge on any atom is -0.378 e. The molecule has 0 N–H and O–H groups in total. The molecule has 2 atom stereocenters. The number of halogens is 1. The van der Waals surface area contributed by atoms with E-state index >= 15 is 0 Å². The smallest absolute Gasteiger partial charge is 0.0600 e. The van der Waals surface area contributed by atoms with Gasteiger partial charge in [-0.1, -0.05) is 32.6 Å². The van der Waals surface area contributed by atoms with Crippen LogP contribution in [0, 0.1) is 5.92 Å². The molecule has 1 nitrogen and oxygen atoms in total. The summed E-state index contributed by atoms with van der Waals surface area (Å²) in [6.07, 6.45) is 10.8. The second-order valence-electron chi connectivity index (χ2n) is 4.77. The fourth-order valence-electron chi connectivity index (χ4n) is 2.31. The van der Waals surface area contributed by atoms with Crippen LogP contribution >= 0.6 is 11.6 Å². The molecule has 90 valence electrons. The minimum absolute atomic E-state index is 0.548. The summed E-state index contributed by atoms with van der Waals surface area (Å²) in [6.45, 7) is 3.29. The molecular formula is C13H25ClO. The lowest BCUT2D eigenvalue weighted by atomic mass is 9.88. The molecule has 2 heteroatoms. The summed E-state index contributed by atoms with van der Waals surface area (Å²) in [5.74, 6) is 1.59. The van der Waals surface area contributed by atoms with Crippen molar-refractivity contribution in [2.45, 2.75) is 64.4 Å². The fraction of sp³-hybridized carbons (Fsp3) is 1.00. The Morgan fingerprint density at radius 2 is 1.80 bits per heavy atom. The lowest BCUT2D eigenvalue weighted by molar-refractivity contribution is -0.00653. The van der Waals surface area contributed by atoms with Crippen LogP contribution < -0.4 is 0 Å². The first kappa shape index (κ1) is 13.3.